The lowest BCUT2D eigenvalue weighted by molar-refractivity contribution is 0.234. The Morgan fingerprint density at radius 2 is 0.588 bits per heavy atom. The van der Waals surface area contributed by atoms with E-state index >= 15 is 0 Å². The van der Waals surface area contributed by atoms with E-state index in [1.165, 1.54) is 206 Å². The van der Waals surface area contributed by atoms with E-state index in [1.807, 2.05) is 0 Å². The molecule has 0 heterocycles. The third kappa shape index (κ3) is 18.4. The third-order valence-corrected chi connectivity index (χ3v) is 21.1. The molecule has 0 aliphatic heterocycles. The first-order valence-electron chi connectivity index (χ1n) is 34.7. The van der Waals surface area contributed by atoms with Crippen molar-refractivity contribution >= 4 is 0 Å². The van der Waals surface area contributed by atoms with Crippen LogP contribution in [-0.2, 0) is 32.5 Å². The number of nitrogens with zero attached hydrogens (tertiary/aromatic N) is 6. The van der Waals surface area contributed by atoms with Crippen LogP contribution in [0.25, 0.3) is 22.3 Å². The highest BCUT2D eigenvalue weighted by molar-refractivity contribution is 5.83. The Kier molecular flexibility index (Phi) is 26.1. The molecule has 0 radical (unpaired) electrons. The number of fused-ring (bicyclic) bond motifs is 6. The van der Waals surface area contributed by atoms with Crippen LogP contribution in [0, 0.1) is 0 Å². The van der Waals surface area contributed by atoms with E-state index in [0.29, 0.717) is 0 Å². The summed E-state index contributed by atoms with van der Waals surface area (Å²) in [5.74, 6) is 0. The van der Waals surface area contributed by atoms with Gasteiger partial charge in [0.2, 0.25) is 0 Å². The molecule has 0 aromatic heterocycles. The Morgan fingerprint density at radius 3 is 0.953 bits per heavy atom. The van der Waals surface area contributed by atoms with Crippen LogP contribution in [0.2, 0.25) is 0 Å². The van der Waals surface area contributed by atoms with E-state index in [4.69, 9.17) is 0 Å². The molecule has 0 saturated heterocycles. The summed E-state index contributed by atoms with van der Waals surface area (Å²) in [5.41, 5.74) is 17.9. The first-order valence-corrected chi connectivity index (χ1v) is 34.7. The molecule has 2 aliphatic rings. The lowest BCUT2D eigenvalue weighted by Gasteiger charge is -2.44. The maximum absolute atomic E-state index is 2.79. The van der Waals surface area contributed by atoms with E-state index in [9.17, 15) is 0 Å². The normalized spacial score (nSPS) is 16.0. The lowest BCUT2D eigenvalue weighted by Crippen LogP contribution is -2.41. The molecule has 0 amide bonds. The van der Waals surface area contributed by atoms with Crippen LogP contribution in [0.5, 0.6) is 0 Å². The molecule has 6 heteroatoms. The highest BCUT2D eigenvalue weighted by Gasteiger charge is 2.47. The molecule has 0 bridgehead atoms. The molecular weight excluding hydrogens is 1030 g/mol. The van der Waals surface area contributed by atoms with Gasteiger partial charge in [-0.25, -0.2) is 0 Å². The van der Waals surface area contributed by atoms with Gasteiger partial charge in [0.1, 0.15) is 0 Å². The molecular formula is C79H130N6. The van der Waals surface area contributed by atoms with E-state index in [1.54, 1.807) is 22.3 Å². The SMILES string of the molecule is CCCCCCCCC1(C)c2cc(C(C)(C)C)ccc2-c2ccc(C(C)(C)C(C)(C)c3ccc4c(c3)C(CCCCCN(CCCN(C)C)CCCN(C)C)(CCCCCN(CCCN(C)C)CCCN(C)C)c3cc(C(C)(C)C)ccc3-4)cc21. The summed E-state index contributed by atoms with van der Waals surface area (Å²) in [4.78, 5) is 15.0. The first-order chi connectivity index (χ1) is 40.1. The van der Waals surface area contributed by atoms with Gasteiger partial charge in [-0.15, -0.1) is 0 Å². The van der Waals surface area contributed by atoms with Crippen molar-refractivity contribution in [2.45, 2.75) is 238 Å². The molecule has 1 unspecified atom stereocenters. The largest absolute Gasteiger partial charge is 0.309 e. The number of benzene rings is 4. The van der Waals surface area contributed by atoms with Gasteiger partial charge in [0, 0.05) is 10.8 Å². The highest BCUT2D eigenvalue weighted by atomic mass is 15.1. The third-order valence-electron chi connectivity index (χ3n) is 21.1. The molecule has 85 heavy (non-hydrogen) atoms. The predicted octanol–water partition coefficient (Wildman–Crippen LogP) is 18.4. The van der Waals surface area contributed by atoms with Gasteiger partial charge in [-0.1, -0.05) is 220 Å². The van der Waals surface area contributed by atoms with Crippen LogP contribution in [-0.4, -0.2) is 151 Å². The van der Waals surface area contributed by atoms with Crippen molar-refractivity contribution in [3.05, 3.63) is 117 Å². The molecule has 4 aromatic carbocycles. The van der Waals surface area contributed by atoms with Crippen molar-refractivity contribution in [3.8, 4) is 22.3 Å². The second-order valence-electron chi connectivity index (χ2n) is 31.7. The Hall–Kier alpha value is -3.36. The summed E-state index contributed by atoms with van der Waals surface area (Å²) in [5, 5.41) is 0. The van der Waals surface area contributed by atoms with Crippen LogP contribution < -0.4 is 0 Å². The van der Waals surface area contributed by atoms with Crippen LogP contribution in [0.4, 0.5) is 0 Å². The molecule has 0 spiro atoms. The number of rotatable bonds is 38. The number of unbranched alkanes of at least 4 members (excludes halogenated alkanes) is 9. The molecule has 0 saturated carbocycles. The average molecular weight is 1160 g/mol. The zero-order valence-corrected chi connectivity index (χ0v) is 59.1. The minimum atomic E-state index is -0.168. The number of hydrogen-bond acceptors (Lipinski definition) is 6. The monoisotopic (exact) mass is 1160 g/mol. The molecule has 0 N–H and O–H groups in total. The minimum absolute atomic E-state index is 0.0232. The van der Waals surface area contributed by atoms with Gasteiger partial charge >= 0.3 is 0 Å². The smallest absolute Gasteiger partial charge is 0.0215 e. The molecule has 1 atom stereocenters. The summed E-state index contributed by atoms with van der Waals surface area (Å²) in [6.07, 6.45) is 24.1. The molecule has 4 aromatic rings. The number of hydrogen-bond donors (Lipinski definition) is 0. The topological polar surface area (TPSA) is 19.4 Å². The summed E-state index contributed by atoms with van der Waals surface area (Å²) in [6.45, 7) is 41.4. The summed E-state index contributed by atoms with van der Waals surface area (Å²) >= 11 is 0. The van der Waals surface area contributed by atoms with Crippen molar-refractivity contribution in [3.63, 3.8) is 0 Å². The zero-order valence-electron chi connectivity index (χ0n) is 59.1. The van der Waals surface area contributed by atoms with Gasteiger partial charge in [-0.2, -0.15) is 0 Å². The summed E-state index contributed by atoms with van der Waals surface area (Å²) < 4.78 is 0. The Bertz CT molecular complexity index is 2590. The lowest BCUT2D eigenvalue weighted by atomic mass is 9.59. The molecule has 6 nitrogen and oxygen atoms in total. The van der Waals surface area contributed by atoms with Crippen molar-refractivity contribution in [1.29, 1.82) is 0 Å². The molecule has 2 aliphatic carbocycles. The fraction of sp³-hybridized carbons (Fsp3) is 0.696. The second kappa shape index (κ2) is 31.4. The Balaban J connectivity index is 1.38. The van der Waals surface area contributed by atoms with Gasteiger partial charge in [0.15, 0.2) is 0 Å². The van der Waals surface area contributed by atoms with Crippen molar-refractivity contribution < 1.29 is 0 Å². The van der Waals surface area contributed by atoms with Crippen LogP contribution in [0.15, 0.2) is 72.8 Å². The van der Waals surface area contributed by atoms with E-state index in [0.717, 1.165) is 26.2 Å². The van der Waals surface area contributed by atoms with Crippen molar-refractivity contribution in [2.75, 3.05) is 122 Å². The van der Waals surface area contributed by atoms with Crippen LogP contribution in [0.3, 0.4) is 0 Å². The quantitative estimate of drug-likeness (QED) is 0.0414. The van der Waals surface area contributed by atoms with Crippen LogP contribution >= 0.6 is 0 Å². The zero-order chi connectivity index (χ0) is 62.4. The van der Waals surface area contributed by atoms with Gasteiger partial charge in [0.25, 0.3) is 0 Å². The van der Waals surface area contributed by atoms with Crippen LogP contribution in [0.1, 0.15) is 250 Å². The maximum atomic E-state index is 2.79. The molecule has 476 valence electrons. The van der Waals surface area contributed by atoms with Gasteiger partial charge in [-0.05, 0) is 268 Å². The van der Waals surface area contributed by atoms with E-state index in [-0.39, 0.29) is 32.5 Å². The summed E-state index contributed by atoms with van der Waals surface area (Å²) in [6, 6.07) is 30.9. The minimum Gasteiger partial charge on any atom is -0.309 e. The fourth-order valence-electron chi connectivity index (χ4n) is 14.7. The molecule has 6 rings (SSSR count). The van der Waals surface area contributed by atoms with E-state index < -0.39 is 0 Å². The van der Waals surface area contributed by atoms with Gasteiger partial charge < -0.3 is 29.4 Å². The van der Waals surface area contributed by atoms with Crippen molar-refractivity contribution in [2.24, 2.45) is 0 Å². The molecule has 0 fully saturated rings. The maximum Gasteiger partial charge on any atom is 0.0215 e. The van der Waals surface area contributed by atoms with Gasteiger partial charge in [0.05, 0.1) is 0 Å². The highest BCUT2D eigenvalue weighted by Crippen LogP contribution is 2.58. The summed E-state index contributed by atoms with van der Waals surface area (Å²) in [7, 11) is 17.8. The predicted molar refractivity (Wildman–Crippen MR) is 375 cm³/mol. The van der Waals surface area contributed by atoms with Gasteiger partial charge in [-0.3, -0.25) is 0 Å². The Labute approximate surface area is 525 Å². The van der Waals surface area contributed by atoms with Crippen molar-refractivity contribution in [1.82, 2.24) is 29.4 Å². The Morgan fingerprint density at radius 1 is 0.306 bits per heavy atom. The first kappa shape index (κ1) is 70.7. The standard InChI is InChI=1S/C79H130N6/c1-21-22-23-24-25-28-45-78(12)70-58-62(74(2,3)4)37-41-66(70)67-43-39-64(60-71(67)78)76(8,9)77(10,11)65-40-44-69-68-42-38-63(75(5,6)7)59-72(68)79(73(69)61-65,46-29-26-31-52-84(54-33-48-80(13)14)55-34-49-81(15)16)47-30-27-32-53-85(56-35-50-82(17)18)57-36-51-83(19)20/h37-44,58-61H,21-36,45-57H2,1-20H3. The van der Waals surface area contributed by atoms with E-state index in [2.05, 4.69) is 242 Å². The second-order valence-corrected chi connectivity index (χ2v) is 31.7. The average Bonchev–Trinajstić information content (AvgIpc) is 1.75. The fourth-order valence-corrected chi connectivity index (χ4v) is 14.7.